The summed E-state index contributed by atoms with van der Waals surface area (Å²) in [5.74, 6) is 1.72. The van der Waals surface area contributed by atoms with Crippen LogP contribution >= 0.6 is 0 Å². The molecule has 138 valence electrons. The van der Waals surface area contributed by atoms with Gasteiger partial charge >= 0.3 is 0 Å². The molecule has 4 aromatic rings. The van der Waals surface area contributed by atoms with Gasteiger partial charge < -0.3 is 9.72 Å². The van der Waals surface area contributed by atoms with Crippen LogP contribution in [0.1, 0.15) is 17.0 Å². The molecule has 0 amide bonds. The maximum Gasteiger partial charge on any atom is 0.270 e. The van der Waals surface area contributed by atoms with Crippen LogP contribution < -0.4 is 4.74 Å². The SMILES string of the molecule is Cc1ccccc1O/C(=C/c1cccc([N+](=O)[O-])c1)c1nc2ccccc2[nH]1. The number of benzene rings is 3. The summed E-state index contributed by atoms with van der Waals surface area (Å²) in [6.45, 7) is 1.96. The van der Waals surface area contributed by atoms with Crippen LogP contribution in [0, 0.1) is 17.0 Å². The molecular weight excluding hydrogens is 354 g/mol. The van der Waals surface area contributed by atoms with Gasteiger partial charge in [0.25, 0.3) is 5.69 Å². The molecule has 0 unspecified atom stereocenters. The summed E-state index contributed by atoms with van der Waals surface area (Å²) in [6, 6.07) is 21.8. The van der Waals surface area contributed by atoms with Crippen molar-refractivity contribution in [1.29, 1.82) is 0 Å². The predicted octanol–water partition coefficient (Wildman–Crippen LogP) is 5.36. The van der Waals surface area contributed by atoms with Crippen LogP contribution in [0.2, 0.25) is 0 Å². The number of nitro groups is 1. The summed E-state index contributed by atoms with van der Waals surface area (Å²) >= 11 is 0. The van der Waals surface area contributed by atoms with Gasteiger partial charge in [-0.1, -0.05) is 42.5 Å². The van der Waals surface area contributed by atoms with E-state index in [4.69, 9.17) is 4.74 Å². The Balaban J connectivity index is 1.82. The largest absolute Gasteiger partial charge is 0.453 e. The van der Waals surface area contributed by atoms with E-state index in [1.807, 2.05) is 55.5 Å². The van der Waals surface area contributed by atoms with Crippen LogP contribution in [-0.2, 0) is 0 Å². The van der Waals surface area contributed by atoms with Crippen molar-refractivity contribution in [3.8, 4) is 5.75 Å². The van der Waals surface area contributed by atoms with Crippen molar-refractivity contribution >= 4 is 28.6 Å². The molecule has 0 aliphatic rings. The van der Waals surface area contributed by atoms with Gasteiger partial charge in [0.15, 0.2) is 11.6 Å². The summed E-state index contributed by atoms with van der Waals surface area (Å²) in [7, 11) is 0. The fourth-order valence-electron chi connectivity index (χ4n) is 2.88. The van der Waals surface area contributed by atoms with E-state index >= 15 is 0 Å². The Morgan fingerprint density at radius 3 is 2.64 bits per heavy atom. The highest BCUT2D eigenvalue weighted by Crippen LogP contribution is 2.27. The van der Waals surface area contributed by atoms with Gasteiger partial charge in [-0.15, -0.1) is 0 Å². The number of ether oxygens (including phenoxy) is 1. The number of non-ortho nitro benzene ring substituents is 1. The third-order valence-electron chi connectivity index (χ3n) is 4.32. The number of nitrogens with one attached hydrogen (secondary N) is 1. The number of hydrogen-bond donors (Lipinski definition) is 1. The van der Waals surface area contributed by atoms with Gasteiger partial charge in [-0.3, -0.25) is 10.1 Å². The number of H-pyrrole nitrogens is 1. The Morgan fingerprint density at radius 2 is 1.86 bits per heavy atom. The highest BCUT2D eigenvalue weighted by Gasteiger charge is 2.13. The van der Waals surface area contributed by atoms with Crippen LogP contribution in [0.25, 0.3) is 22.9 Å². The van der Waals surface area contributed by atoms with Gasteiger partial charge in [0.05, 0.1) is 16.0 Å². The van der Waals surface area contributed by atoms with E-state index in [0.29, 0.717) is 22.9 Å². The van der Waals surface area contributed by atoms with E-state index < -0.39 is 4.92 Å². The smallest absolute Gasteiger partial charge is 0.270 e. The average molecular weight is 371 g/mol. The number of hydrogen-bond acceptors (Lipinski definition) is 4. The van der Waals surface area contributed by atoms with Gasteiger partial charge in [-0.05, 0) is 42.3 Å². The molecule has 0 saturated carbocycles. The Bertz CT molecular complexity index is 1160. The van der Waals surface area contributed by atoms with Crippen molar-refractivity contribution in [1.82, 2.24) is 9.97 Å². The summed E-state index contributed by atoms with van der Waals surface area (Å²) in [4.78, 5) is 18.5. The number of aromatic amines is 1. The zero-order valence-electron chi connectivity index (χ0n) is 15.1. The number of nitro benzene ring substituents is 1. The van der Waals surface area contributed by atoms with E-state index in [1.54, 1.807) is 18.2 Å². The average Bonchev–Trinajstić information content (AvgIpc) is 3.13. The zero-order chi connectivity index (χ0) is 19.5. The Labute approximate surface area is 161 Å². The van der Waals surface area contributed by atoms with Crippen LogP contribution in [0.15, 0.2) is 72.8 Å². The summed E-state index contributed by atoms with van der Waals surface area (Å²) < 4.78 is 6.16. The molecule has 1 aromatic heterocycles. The number of imidazole rings is 1. The standard InChI is InChI=1S/C22H17N3O3/c1-15-7-2-5-12-20(15)28-21(14-16-8-6-9-17(13-16)25(26)27)22-23-18-10-3-4-11-19(18)24-22/h2-14H,1H3,(H,23,24)/b21-14+. The number of rotatable bonds is 5. The quantitative estimate of drug-likeness (QED) is 0.291. The molecular formula is C22H17N3O3. The van der Waals surface area contributed by atoms with Crippen molar-refractivity contribution in [2.24, 2.45) is 0 Å². The molecule has 6 heteroatoms. The molecule has 0 aliphatic carbocycles. The van der Waals surface area contributed by atoms with Gasteiger partial charge in [0.2, 0.25) is 0 Å². The van der Waals surface area contributed by atoms with E-state index in [0.717, 1.165) is 16.6 Å². The minimum Gasteiger partial charge on any atom is -0.453 e. The number of aromatic nitrogens is 2. The molecule has 6 nitrogen and oxygen atoms in total. The number of aryl methyl sites for hydroxylation is 1. The topological polar surface area (TPSA) is 81.1 Å². The molecule has 1 N–H and O–H groups in total. The highest BCUT2D eigenvalue weighted by atomic mass is 16.6. The van der Waals surface area contributed by atoms with Gasteiger partial charge in [0.1, 0.15) is 5.75 Å². The minimum atomic E-state index is -0.416. The van der Waals surface area contributed by atoms with E-state index in [9.17, 15) is 10.1 Å². The first-order valence-electron chi connectivity index (χ1n) is 8.75. The molecule has 0 radical (unpaired) electrons. The molecule has 0 bridgehead atoms. The van der Waals surface area contributed by atoms with Crippen LogP contribution in [0.5, 0.6) is 5.75 Å². The second-order valence-electron chi connectivity index (χ2n) is 6.33. The lowest BCUT2D eigenvalue weighted by molar-refractivity contribution is -0.384. The van der Waals surface area contributed by atoms with Crippen LogP contribution in [0.3, 0.4) is 0 Å². The van der Waals surface area contributed by atoms with Gasteiger partial charge in [-0.25, -0.2) is 4.98 Å². The maximum atomic E-state index is 11.1. The van der Waals surface area contributed by atoms with E-state index in [1.165, 1.54) is 12.1 Å². The van der Waals surface area contributed by atoms with Crippen LogP contribution in [-0.4, -0.2) is 14.9 Å². The molecule has 0 saturated heterocycles. The van der Waals surface area contributed by atoms with Crippen molar-refractivity contribution in [3.05, 3.63) is 99.9 Å². The fourth-order valence-corrected chi connectivity index (χ4v) is 2.88. The molecule has 0 fully saturated rings. The summed E-state index contributed by atoms with van der Waals surface area (Å²) in [5, 5.41) is 11.1. The third-order valence-corrected chi connectivity index (χ3v) is 4.32. The molecule has 0 spiro atoms. The van der Waals surface area contributed by atoms with E-state index in [-0.39, 0.29) is 5.69 Å². The summed E-state index contributed by atoms with van der Waals surface area (Å²) in [5.41, 5.74) is 3.35. The minimum absolute atomic E-state index is 0.0218. The maximum absolute atomic E-state index is 11.1. The second kappa shape index (κ2) is 7.36. The number of nitrogens with zero attached hydrogens (tertiary/aromatic N) is 2. The van der Waals surface area contributed by atoms with Crippen LogP contribution in [0.4, 0.5) is 5.69 Å². The second-order valence-corrected chi connectivity index (χ2v) is 6.33. The Hall–Kier alpha value is -3.93. The van der Waals surface area contributed by atoms with Crippen molar-refractivity contribution in [2.75, 3.05) is 0 Å². The molecule has 28 heavy (non-hydrogen) atoms. The molecule has 0 atom stereocenters. The zero-order valence-corrected chi connectivity index (χ0v) is 15.1. The lowest BCUT2D eigenvalue weighted by Crippen LogP contribution is -1.99. The van der Waals surface area contributed by atoms with E-state index in [2.05, 4.69) is 9.97 Å². The number of fused-ring (bicyclic) bond motifs is 1. The van der Waals surface area contributed by atoms with Crippen molar-refractivity contribution < 1.29 is 9.66 Å². The summed E-state index contributed by atoms with van der Waals surface area (Å²) in [6.07, 6.45) is 1.75. The monoisotopic (exact) mass is 371 g/mol. The van der Waals surface area contributed by atoms with Gasteiger partial charge in [-0.2, -0.15) is 0 Å². The normalized spacial score (nSPS) is 11.5. The fraction of sp³-hybridized carbons (Fsp3) is 0.0455. The lowest BCUT2D eigenvalue weighted by atomic mass is 10.1. The Morgan fingerprint density at radius 1 is 1.07 bits per heavy atom. The first-order valence-corrected chi connectivity index (χ1v) is 8.75. The predicted molar refractivity (Wildman–Crippen MR) is 109 cm³/mol. The highest BCUT2D eigenvalue weighted by molar-refractivity contribution is 5.82. The van der Waals surface area contributed by atoms with Crippen molar-refractivity contribution in [3.63, 3.8) is 0 Å². The Kier molecular flexibility index (Phi) is 4.60. The van der Waals surface area contributed by atoms with Crippen molar-refractivity contribution in [2.45, 2.75) is 6.92 Å². The first-order chi connectivity index (χ1) is 13.6. The third kappa shape index (κ3) is 3.61. The molecule has 0 aliphatic heterocycles. The molecule has 4 rings (SSSR count). The lowest BCUT2D eigenvalue weighted by Gasteiger charge is -2.10. The first kappa shape index (κ1) is 17.5. The number of para-hydroxylation sites is 3. The molecule has 3 aromatic carbocycles. The van der Waals surface area contributed by atoms with Gasteiger partial charge in [0, 0.05) is 12.1 Å². The molecule has 1 heterocycles.